The molecule has 0 bridgehead atoms. The van der Waals surface area contributed by atoms with Crippen LogP contribution in [-0.2, 0) is 0 Å². The number of H-pyrrole nitrogens is 1. The van der Waals surface area contributed by atoms with E-state index in [-0.39, 0.29) is 22.3 Å². The van der Waals surface area contributed by atoms with Gasteiger partial charge >= 0.3 is 4.87 Å². The molecule has 0 radical (unpaired) electrons. The van der Waals surface area contributed by atoms with Crippen molar-refractivity contribution in [3.05, 3.63) is 9.67 Å². The Bertz CT molecular complexity index is 362. The first-order valence-corrected chi connectivity index (χ1v) is 3.84. The van der Waals surface area contributed by atoms with Crippen molar-refractivity contribution in [3.8, 4) is 18.2 Å². The summed E-state index contributed by atoms with van der Waals surface area (Å²) in [6.45, 7) is 0.140. The molecule has 0 aliphatic carbocycles. The van der Waals surface area contributed by atoms with Crippen LogP contribution < -0.4 is 15.7 Å². The molecule has 0 aliphatic heterocycles. The molecule has 64 valence electrons. The quantitative estimate of drug-likeness (QED) is 0.328. The van der Waals surface area contributed by atoms with Crippen LogP contribution in [0.1, 0.15) is 0 Å². The van der Waals surface area contributed by atoms with Crippen LogP contribution in [0.3, 0.4) is 0 Å². The highest BCUT2D eigenvalue weighted by molar-refractivity contribution is 7.13. The summed E-state index contributed by atoms with van der Waals surface area (Å²) in [5.41, 5.74) is 0. The molecular weight excluding hydrogens is 178 g/mol. The van der Waals surface area contributed by atoms with E-state index >= 15 is 0 Å². The number of nitrogens with one attached hydrogen (secondary N) is 1. The summed E-state index contributed by atoms with van der Waals surface area (Å²) in [4.78, 5) is 12.5. The maximum absolute atomic E-state index is 10.7. The average molecular weight is 185 g/mol. The first-order valence-electron chi connectivity index (χ1n) is 3.03. The second-order valence-electron chi connectivity index (χ2n) is 2.00. The highest BCUT2D eigenvalue weighted by atomic mass is 32.1. The number of hydrogen-bond donors (Lipinski definition) is 3. The van der Waals surface area contributed by atoms with Gasteiger partial charge in [0.15, 0.2) is 5.00 Å². The van der Waals surface area contributed by atoms with E-state index in [4.69, 9.17) is 17.4 Å². The minimum Gasteiger partial charge on any atom is -0.492 e. The van der Waals surface area contributed by atoms with Crippen LogP contribution in [0.15, 0.2) is 4.79 Å². The topological polar surface area (TPSA) is 82.3 Å². The third-order valence-corrected chi connectivity index (χ3v) is 2.04. The maximum Gasteiger partial charge on any atom is 0.309 e. The molecule has 1 aromatic rings. The van der Waals surface area contributed by atoms with Gasteiger partial charge in [0.2, 0.25) is 5.88 Å². The predicted octanol–water partition coefficient (Wildman–Crippen LogP) is -0.545. The number of rotatable bonds is 2. The van der Waals surface area contributed by atoms with Gasteiger partial charge in [-0.05, 0) is 0 Å². The van der Waals surface area contributed by atoms with Crippen molar-refractivity contribution in [1.29, 1.82) is 0 Å². The number of terminal acetylenes is 1. The van der Waals surface area contributed by atoms with Gasteiger partial charge in [-0.3, -0.25) is 14.8 Å². The van der Waals surface area contributed by atoms with Gasteiger partial charge in [0.05, 0.1) is 6.54 Å². The van der Waals surface area contributed by atoms with Crippen LogP contribution in [-0.4, -0.2) is 16.6 Å². The van der Waals surface area contributed by atoms with Crippen LogP contribution in [0.25, 0.3) is 0 Å². The Kier molecular flexibility index (Phi) is 2.38. The Labute approximate surface area is 72.4 Å². The zero-order valence-electron chi connectivity index (χ0n) is 6.07. The highest BCUT2D eigenvalue weighted by Crippen LogP contribution is 2.24. The Hall–Kier alpha value is -1.45. The molecule has 1 rings (SSSR count). The SMILES string of the molecule is C#CCN(N)c1sc(=O)[nH]c1O. The Morgan fingerprint density at radius 3 is 2.92 bits per heavy atom. The molecule has 1 aromatic heterocycles. The van der Waals surface area contributed by atoms with E-state index in [9.17, 15) is 4.79 Å². The molecule has 1 heterocycles. The monoisotopic (exact) mass is 185 g/mol. The fraction of sp³-hybridized carbons (Fsp3) is 0.167. The van der Waals surface area contributed by atoms with Crippen LogP contribution >= 0.6 is 11.3 Å². The summed E-state index contributed by atoms with van der Waals surface area (Å²) in [5, 5.41) is 10.5. The zero-order chi connectivity index (χ0) is 9.14. The van der Waals surface area contributed by atoms with Gasteiger partial charge in [-0.15, -0.1) is 6.42 Å². The number of nitrogens with two attached hydrogens (primary N) is 1. The summed E-state index contributed by atoms with van der Waals surface area (Å²) in [6, 6.07) is 0. The lowest BCUT2D eigenvalue weighted by Crippen LogP contribution is -2.30. The molecule has 0 aliphatic rings. The number of aromatic nitrogens is 1. The van der Waals surface area contributed by atoms with Gasteiger partial charge in [0.1, 0.15) is 0 Å². The molecule has 4 N–H and O–H groups in total. The molecule has 0 unspecified atom stereocenters. The predicted molar refractivity (Wildman–Crippen MR) is 47.0 cm³/mol. The molecule has 5 nitrogen and oxygen atoms in total. The molecule has 12 heavy (non-hydrogen) atoms. The number of nitrogens with zero attached hydrogens (tertiary/aromatic N) is 1. The summed E-state index contributed by atoms with van der Waals surface area (Å²) >= 11 is 0.807. The standard InChI is InChI=1S/C6H7N3O2S/c1-2-3-9(7)5-4(10)8-6(11)12-5/h1,10H,3,7H2,(H,8,11). The highest BCUT2D eigenvalue weighted by Gasteiger charge is 2.10. The van der Waals surface area contributed by atoms with Crippen molar-refractivity contribution in [2.24, 2.45) is 5.84 Å². The smallest absolute Gasteiger partial charge is 0.309 e. The van der Waals surface area contributed by atoms with E-state index < -0.39 is 0 Å². The molecule has 0 spiro atoms. The third kappa shape index (κ3) is 1.58. The molecule has 6 heteroatoms. The number of hydrogen-bond acceptors (Lipinski definition) is 5. The molecule has 0 atom stereocenters. The zero-order valence-corrected chi connectivity index (χ0v) is 6.89. The van der Waals surface area contributed by atoms with Crippen molar-refractivity contribution in [3.63, 3.8) is 0 Å². The van der Waals surface area contributed by atoms with Gasteiger partial charge in [0.25, 0.3) is 0 Å². The van der Waals surface area contributed by atoms with Crippen LogP contribution in [0.5, 0.6) is 5.88 Å². The van der Waals surface area contributed by atoms with Crippen LogP contribution in [0.2, 0.25) is 0 Å². The van der Waals surface area contributed by atoms with Gasteiger partial charge < -0.3 is 5.11 Å². The number of aromatic hydroxyl groups is 1. The van der Waals surface area contributed by atoms with Gasteiger partial charge in [-0.25, -0.2) is 5.84 Å². The van der Waals surface area contributed by atoms with Gasteiger partial charge in [0, 0.05) is 0 Å². The van der Waals surface area contributed by atoms with Crippen molar-refractivity contribution in [1.82, 2.24) is 4.98 Å². The number of aromatic amines is 1. The lowest BCUT2D eigenvalue weighted by molar-refractivity contribution is 0.456. The summed E-state index contributed by atoms with van der Waals surface area (Å²) in [5.74, 6) is 7.44. The summed E-state index contributed by atoms with van der Waals surface area (Å²) in [6.07, 6.45) is 4.99. The first-order chi connectivity index (χ1) is 5.65. The Morgan fingerprint density at radius 2 is 2.50 bits per heavy atom. The molecule has 0 fully saturated rings. The van der Waals surface area contributed by atoms with E-state index in [1.807, 2.05) is 0 Å². The van der Waals surface area contributed by atoms with Crippen molar-refractivity contribution in [2.75, 3.05) is 11.6 Å². The van der Waals surface area contributed by atoms with Crippen molar-refractivity contribution in [2.45, 2.75) is 0 Å². The minimum atomic E-state index is -0.366. The van der Waals surface area contributed by atoms with Crippen molar-refractivity contribution < 1.29 is 5.11 Å². The average Bonchev–Trinajstić information content (AvgIpc) is 2.30. The molecule has 0 saturated heterocycles. The fourth-order valence-electron chi connectivity index (χ4n) is 0.677. The van der Waals surface area contributed by atoms with Crippen LogP contribution in [0.4, 0.5) is 5.00 Å². The maximum atomic E-state index is 10.7. The number of anilines is 1. The molecule has 0 saturated carbocycles. The fourth-order valence-corrected chi connectivity index (χ4v) is 1.33. The van der Waals surface area contributed by atoms with E-state index in [1.165, 1.54) is 0 Å². The van der Waals surface area contributed by atoms with Gasteiger partial charge in [-0.2, -0.15) is 0 Å². The van der Waals surface area contributed by atoms with Crippen molar-refractivity contribution >= 4 is 16.3 Å². The van der Waals surface area contributed by atoms with E-state index in [0.717, 1.165) is 16.3 Å². The lowest BCUT2D eigenvalue weighted by atomic mass is 10.6. The normalized spacial score (nSPS) is 9.33. The second kappa shape index (κ2) is 3.30. The van der Waals surface area contributed by atoms with E-state index in [2.05, 4.69) is 10.9 Å². The molecular formula is C6H7N3O2S. The van der Waals surface area contributed by atoms with E-state index in [0.29, 0.717) is 0 Å². The Balaban J connectivity index is 2.95. The van der Waals surface area contributed by atoms with Crippen LogP contribution in [0, 0.1) is 12.3 Å². The number of thiazole rings is 1. The number of hydrazine groups is 1. The van der Waals surface area contributed by atoms with Gasteiger partial charge in [-0.1, -0.05) is 17.3 Å². The first kappa shape index (κ1) is 8.64. The molecule has 0 aromatic carbocycles. The summed E-state index contributed by atoms with van der Waals surface area (Å²) in [7, 11) is 0. The summed E-state index contributed by atoms with van der Waals surface area (Å²) < 4.78 is 0. The third-order valence-electron chi connectivity index (χ3n) is 1.13. The molecule has 0 amide bonds. The van der Waals surface area contributed by atoms with E-state index in [1.54, 1.807) is 0 Å². The second-order valence-corrected chi connectivity index (χ2v) is 2.96. The minimum absolute atomic E-state index is 0.140. The largest absolute Gasteiger partial charge is 0.492 e. The lowest BCUT2D eigenvalue weighted by Gasteiger charge is -2.11. The Morgan fingerprint density at radius 1 is 1.83 bits per heavy atom.